The first-order valence-electron chi connectivity index (χ1n) is 3.02. The molecule has 13 heavy (non-hydrogen) atoms. The maximum absolute atomic E-state index is 10.6. The molecule has 0 atom stereocenters. The van der Waals surface area contributed by atoms with Crippen molar-refractivity contribution in [3.63, 3.8) is 0 Å². The lowest BCUT2D eigenvalue weighted by atomic mass is 10.4. The molecule has 0 aliphatic rings. The number of hydrogen-bond donors (Lipinski definition) is 1. The molecule has 0 aliphatic carbocycles. The Morgan fingerprint density at radius 3 is 2.38 bits per heavy atom. The third kappa shape index (κ3) is 3.11. The molecule has 0 spiro atoms. The van der Waals surface area contributed by atoms with E-state index in [4.69, 9.17) is 16.2 Å². The normalized spacial score (nSPS) is 10.7. The van der Waals surface area contributed by atoms with Gasteiger partial charge in [-0.3, -0.25) is 4.55 Å². The van der Waals surface area contributed by atoms with Gasteiger partial charge >= 0.3 is 0 Å². The largest absolute Gasteiger partial charge is 0.296 e. The van der Waals surface area contributed by atoms with E-state index in [9.17, 15) is 8.42 Å². The monoisotopic (exact) mass is 243 g/mol. The molecule has 1 aromatic heterocycles. The van der Waals surface area contributed by atoms with E-state index < -0.39 is 10.1 Å². The van der Waals surface area contributed by atoms with Crippen molar-refractivity contribution in [2.75, 3.05) is 0 Å². The molecule has 0 aromatic carbocycles. The van der Waals surface area contributed by atoms with Gasteiger partial charge in [0.05, 0.1) is 5.69 Å². The van der Waals surface area contributed by atoms with Crippen LogP contribution < -0.4 is 0 Å². The van der Waals surface area contributed by atoms with Crippen molar-refractivity contribution in [1.29, 1.82) is 0 Å². The molecule has 0 saturated carbocycles. The molecule has 0 fully saturated rings. The van der Waals surface area contributed by atoms with Crippen LogP contribution in [0.25, 0.3) is 0 Å². The Morgan fingerprint density at radius 1 is 1.46 bits per heavy atom. The van der Waals surface area contributed by atoms with Gasteiger partial charge in [0.1, 0.15) is 10.0 Å². The van der Waals surface area contributed by atoms with E-state index in [2.05, 4.69) is 4.98 Å². The van der Waals surface area contributed by atoms with Crippen molar-refractivity contribution in [2.24, 2.45) is 0 Å². The first kappa shape index (κ1) is 12.6. The summed E-state index contributed by atoms with van der Waals surface area (Å²) in [6.07, 6.45) is 0. The Kier molecular flexibility index (Phi) is 4.12. The molecule has 0 radical (unpaired) electrons. The zero-order chi connectivity index (χ0) is 9.35. The second-order valence-electron chi connectivity index (χ2n) is 2.19. The van der Waals surface area contributed by atoms with Crippen molar-refractivity contribution in [1.82, 2.24) is 4.98 Å². The van der Waals surface area contributed by atoms with Crippen LogP contribution >= 0.6 is 24.0 Å². The molecule has 1 rings (SSSR count). The molecule has 0 unspecified atom stereocenters. The summed E-state index contributed by atoms with van der Waals surface area (Å²) in [6.45, 7) is 1.45. The zero-order valence-electron chi connectivity index (χ0n) is 6.56. The van der Waals surface area contributed by atoms with E-state index >= 15 is 0 Å². The highest BCUT2D eigenvalue weighted by atomic mass is 35.5. The zero-order valence-corrected chi connectivity index (χ0v) is 8.95. The van der Waals surface area contributed by atoms with Crippen LogP contribution in [0.5, 0.6) is 0 Å². The van der Waals surface area contributed by atoms with Crippen molar-refractivity contribution in [2.45, 2.75) is 11.8 Å². The summed E-state index contributed by atoms with van der Waals surface area (Å²) in [5.41, 5.74) is 0.185. The highest BCUT2D eigenvalue weighted by molar-refractivity contribution is 7.85. The van der Waals surface area contributed by atoms with Gasteiger partial charge in [-0.2, -0.15) is 8.42 Å². The topological polar surface area (TPSA) is 67.3 Å². The lowest BCUT2D eigenvalue weighted by Crippen LogP contribution is -2.02. The van der Waals surface area contributed by atoms with Crippen LogP contribution in [0, 0.1) is 6.92 Å². The molecule has 4 nitrogen and oxygen atoms in total. The summed E-state index contributed by atoms with van der Waals surface area (Å²) < 4.78 is 29.9. The number of pyridine rings is 1. The summed E-state index contributed by atoms with van der Waals surface area (Å²) in [5, 5.41) is 0.194. The molecule has 1 heterocycles. The molecular formula is C6H7Cl2NO3S. The standard InChI is InChI=1S/C6H6ClNO3S.ClH/c1-4-5(12(9,10)11)2-3-6(7)8-4;/h2-3H,1H3,(H,9,10,11);1H. The average Bonchev–Trinajstić information content (AvgIpc) is 1.83. The highest BCUT2D eigenvalue weighted by Crippen LogP contribution is 2.15. The smallest absolute Gasteiger partial charge is 0.282 e. The SMILES string of the molecule is Cc1nc(Cl)ccc1S(=O)(=O)O.Cl. The van der Waals surface area contributed by atoms with Crippen LogP contribution in [0.4, 0.5) is 0 Å². The van der Waals surface area contributed by atoms with Crippen LogP contribution in [-0.4, -0.2) is 18.0 Å². The minimum Gasteiger partial charge on any atom is -0.282 e. The van der Waals surface area contributed by atoms with Crippen molar-refractivity contribution in [3.05, 3.63) is 23.0 Å². The molecule has 0 saturated heterocycles. The maximum Gasteiger partial charge on any atom is 0.296 e. The molecule has 0 bridgehead atoms. The Morgan fingerprint density at radius 2 is 2.00 bits per heavy atom. The third-order valence-electron chi connectivity index (χ3n) is 1.28. The molecule has 74 valence electrons. The predicted molar refractivity (Wildman–Crippen MR) is 51.0 cm³/mol. The molecular weight excluding hydrogens is 237 g/mol. The van der Waals surface area contributed by atoms with Gasteiger partial charge in [-0.05, 0) is 19.1 Å². The molecule has 1 aromatic rings. The molecule has 7 heteroatoms. The summed E-state index contributed by atoms with van der Waals surface area (Å²) in [4.78, 5) is 3.45. The van der Waals surface area contributed by atoms with Crippen LogP contribution in [-0.2, 0) is 10.1 Å². The van der Waals surface area contributed by atoms with E-state index in [1.807, 2.05) is 0 Å². The fraction of sp³-hybridized carbons (Fsp3) is 0.167. The number of hydrogen-bond acceptors (Lipinski definition) is 3. The summed E-state index contributed by atoms with van der Waals surface area (Å²) in [6, 6.07) is 2.51. The molecule has 1 N–H and O–H groups in total. The van der Waals surface area contributed by atoms with Gasteiger partial charge in [0, 0.05) is 0 Å². The summed E-state index contributed by atoms with van der Waals surface area (Å²) >= 11 is 5.48. The van der Waals surface area contributed by atoms with E-state index in [-0.39, 0.29) is 28.1 Å². The first-order chi connectivity index (χ1) is 5.41. The fourth-order valence-corrected chi connectivity index (χ4v) is 1.64. The Hall–Kier alpha value is -0.360. The number of halogens is 2. The Labute approximate surface area is 87.1 Å². The lowest BCUT2D eigenvalue weighted by Gasteiger charge is -2.00. The minimum atomic E-state index is -4.17. The average molecular weight is 244 g/mol. The van der Waals surface area contributed by atoms with Gasteiger partial charge in [0.15, 0.2) is 0 Å². The van der Waals surface area contributed by atoms with Gasteiger partial charge in [0.25, 0.3) is 10.1 Å². The Bertz CT molecular complexity index is 404. The van der Waals surface area contributed by atoms with Gasteiger partial charge in [-0.1, -0.05) is 11.6 Å². The second-order valence-corrected chi connectivity index (χ2v) is 3.97. The number of nitrogens with zero attached hydrogens (tertiary/aromatic N) is 1. The van der Waals surface area contributed by atoms with Crippen LogP contribution in [0.15, 0.2) is 17.0 Å². The number of aromatic nitrogens is 1. The second kappa shape index (κ2) is 4.23. The van der Waals surface area contributed by atoms with E-state index in [0.29, 0.717) is 0 Å². The van der Waals surface area contributed by atoms with Crippen molar-refractivity contribution >= 4 is 34.1 Å². The van der Waals surface area contributed by atoms with Gasteiger partial charge in [-0.15, -0.1) is 12.4 Å². The lowest BCUT2D eigenvalue weighted by molar-refractivity contribution is 0.482. The number of rotatable bonds is 1. The number of aryl methyl sites for hydroxylation is 1. The van der Waals surface area contributed by atoms with E-state index in [0.717, 1.165) is 0 Å². The maximum atomic E-state index is 10.6. The first-order valence-corrected chi connectivity index (χ1v) is 4.83. The van der Waals surface area contributed by atoms with E-state index in [1.165, 1.54) is 19.1 Å². The summed E-state index contributed by atoms with van der Waals surface area (Å²) in [7, 11) is -4.17. The molecule has 0 aliphatic heterocycles. The predicted octanol–water partition coefficient (Wildman–Crippen LogP) is 1.71. The van der Waals surface area contributed by atoms with Gasteiger partial charge in [-0.25, -0.2) is 4.98 Å². The fourth-order valence-electron chi connectivity index (χ4n) is 0.790. The third-order valence-corrected chi connectivity index (χ3v) is 2.48. The quantitative estimate of drug-likeness (QED) is 0.603. The highest BCUT2D eigenvalue weighted by Gasteiger charge is 2.13. The van der Waals surface area contributed by atoms with Gasteiger partial charge < -0.3 is 0 Å². The van der Waals surface area contributed by atoms with Crippen LogP contribution in [0.1, 0.15) is 5.69 Å². The minimum absolute atomic E-state index is 0. The molecule has 0 amide bonds. The van der Waals surface area contributed by atoms with Crippen molar-refractivity contribution < 1.29 is 13.0 Å². The van der Waals surface area contributed by atoms with Crippen LogP contribution in [0.2, 0.25) is 5.15 Å². The Balaban J connectivity index is 0.00000144. The van der Waals surface area contributed by atoms with Crippen LogP contribution in [0.3, 0.4) is 0 Å². The summed E-state index contributed by atoms with van der Waals surface area (Å²) in [5.74, 6) is 0. The van der Waals surface area contributed by atoms with Crippen molar-refractivity contribution in [3.8, 4) is 0 Å². The van der Waals surface area contributed by atoms with Gasteiger partial charge in [0.2, 0.25) is 0 Å². The van der Waals surface area contributed by atoms with E-state index in [1.54, 1.807) is 0 Å².